The molecule has 1 aliphatic heterocycles. The molecule has 8 nitrogen and oxygen atoms in total. The number of fused-ring (bicyclic) bond motifs is 2. The van der Waals surface area contributed by atoms with Gasteiger partial charge >= 0.3 is 10.2 Å². The van der Waals surface area contributed by atoms with Gasteiger partial charge in [-0.1, -0.05) is 19.1 Å². The zero-order valence-electron chi connectivity index (χ0n) is 17.2. The summed E-state index contributed by atoms with van der Waals surface area (Å²) in [6.07, 6.45) is 5.32. The van der Waals surface area contributed by atoms with Gasteiger partial charge in [0.15, 0.2) is 5.43 Å². The number of hydrogen-bond acceptors (Lipinski definition) is 5. The van der Waals surface area contributed by atoms with E-state index in [2.05, 4.69) is 10.1 Å². The van der Waals surface area contributed by atoms with Crippen LogP contribution in [0.3, 0.4) is 0 Å². The molecule has 3 heterocycles. The first kappa shape index (κ1) is 19.7. The Labute approximate surface area is 179 Å². The van der Waals surface area contributed by atoms with Crippen LogP contribution in [0.25, 0.3) is 32.8 Å². The predicted octanol–water partition coefficient (Wildman–Crippen LogP) is 2.54. The maximum Gasteiger partial charge on any atom is 0.304 e. The number of aryl methyl sites for hydroxylation is 1. The lowest BCUT2D eigenvalue weighted by Crippen LogP contribution is -2.32. The number of benzene rings is 1. The Morgan fingerprint density at radius 1 is 1.00 bits per heavy atom. The smallest absolute Gasteiger partial charge is 0.289 e. The summed E-state index contributed by atoms with van der Waals surface area (Å²) in [4.78, 5) is 18.0. The summed E-state index contributed by atoms with van der Waals surface area (Å²) in [5, 5.41) is 5.86. The summed E-state index contributed by atoms with van der Waals surface area (Å²) in [6, 6.07) is 10.7. The second kappa shape index (κ2) is 7.14. The van der Waals surface area contributed by atoms with E-state index in [0.717, 1.165) is 16.5 Å². The third-order valence-electron chi connectivity index (χ3n) is 5.70. The quantitative estimate of drug-likeness (QED) is 0.493. The van der Waals surface area contributed by atoms with E-state index in [0.29, 0.717) is 41.6 Å². The van der Waals surface area contributed by atoms with Gasteiger partial charge in [-0.05, 0) is 29.7 Å². The molecular formula is C22H21N5O3S. The molecule has 2 aromatic carbocycles. The summed E-state index contributed by atoms with van der Waals surface area (Å²) >= 11 is 0. The van der Waals surface area contributed by atoms with Gasteiger partial charge in [-0.25, -0.2) is 0 Å². The molecule has 0 spiro atoms. The van der Waals surface area contributed by atoms with Crippen molar-refractivity contribution in [2.75, 3.05) is 23.9 Å². The van der Waals surface area contributed by atoms with Gasteiger partial charge in [-0.15, -0.1) is 0 Å². The Balaban J connectivity index is 1.71. The molecule has 0 N–H and O–H groups in total. The van der Waals surface area contributed by atoms with Crippen molar-refractivity contribution >= 4 is 37.6 Å². The zero-order chi connectivity index (χ0) is 21.8. The van der Waals surface area contributed by atoms with E-state index < -0.39 is 10.2 Å². The van der Waals surface area contributed by atoms with Gasteiger partial charge in [0, 0.05) is 61.0 Å². The van der Waals surface area contributed by atoms with Crippen LogP contribution in [0.1, 0.15) is 6.92 Å². The van der Waals surface area contributed by atoms with Gasteiger partial charge in [0.25, 0.3) is 0 Å². The molecular weight excluding hydrogens is 414 g/mol. The molecule has 1 saturated heterocycles. The number of pyridine rings is 1. The van der Waals surface area contributed by atoms with E-state index in [9.17, 15) is 13.2 Å². The molecule has 0 atom stereocenters. The maximum absolute atomic E-state index is 13.5. The van der Waals surface area contributed by atoms with Crippen LogP contribution in [-0.4, -0.2) is 47.1 Å². The lowest BCUT2D eigenvalue weighted by molar-refractivity contribution is 0.469. The molecule has 0 radical (unpaired) electrons. The normalized spacial score (nSPS) is 16.4. The molecule has 4 aromatic rings. The van der Waals surface area contributed by atoms with Crippen LogP contribution in [0, 0.1) is 0 Å². The second-order valence-electron chi connectivity index (χ2n) is 7.57. The predicted molar refractivity (Wildman–Crippen MR) is 121 cm³/mol. The molecule has 31 heavy (non-hydrogen) atoms. The van der Waals surface area contributed by atoms with E-state index in [-0.39, 0.29) is 5.43 Å². The first-order valence-corrected chi connectivity index (χ1v) is 11.4. The third-order valence-corrected chi connectivity index (χ3v) is 7.75. The highest BCUT2D eigenvalue weighted by Crippen LogP contribution is 2.28. The standard InChI is InChI=1S/C22H21N5O3S/c1-3-26-8-9-27(31(26,29)30)18-6-4-15-5-7-21-20(22(28)19(15)11-18)10-16(12-23-21)17-13-24-25(2)14-17/h4-7,10-14H,3,8-9H2,1-2H3. The molecule has 0 amide bonds. The maximum atomic E-state index is 13.5. The molecule has 1 aliphatic rings. The van der Waals surface area contributed by atoms with Crippen LogP contribution in [0.4, 0.5) is 5.69 Å². The molecule has 0 bridgehead atoms. The van der Waals surface area contributed by atoms with E-state index in [1.165, 1.54) is 8.61 Å². The molecule has 0 unspecified atom stereocenters. The van der Waals surface area contributed by atoms with Crippen molar-refractivity contribution in [3.05, 3.63) is 65.2 Å². The van der Waals surface area contributed by atoms with E-state index in [1.54, 1.807) is 35.3 Å². The second-order valence-corrected chi connectivity index (χ2v) is 9.42. The molecule has 0 saturated carbocycles. The van der Waals surface area contributed by atoms with Crippen molar-refractivity contribution in [2.45, 2.75) is 6.92 Å². The monoisotopic (exact) mass is 435 g/mol. The summed E-state index contributed by atoms with van der Waals surface area (Å²) in [5.74, 6) is 0. The summed E-state index contributed by atoms with van der Waals surface area (Å²) in [5.41, 5.74) is 2.57. The largest absolute Gasteiger partial charge is 0.304 e. The fourth-order valence-electron chi connectivity index (χ4n) is 4.03. The fraction of sp³-hybridized carbons (Fsp3) is 0.227. The van der Waals surface area contributed by atoms with Crippen molar-refractivity contribution in [3.63, 3.8) is 0 Å². The highest BCUT2D eigenvalue weighted by Gasteiger charge is 2.35. The Morgan fingerprint density at radius 3 is 2.52 bits per heavy atom. The third kappa shape index (κ3) is 3.17. The minimum absolute atomic E-state index is 0.181. The van der Waals surface area contributed by atoms with Crippen molar-refractivity contribution in [2.24, 2.45) is 7.05 Å². The average Bonchev–Trinajstić information content (AvgIpc) is 3.29. The van der Waals surface area contributed by atoms with E-state index >= 15 is 0 Å². The lowest BCUT2D eigenvalue weighted by Gasteiger charge is -2.19. The van der Waals surface area contributed by atoms with Gasteiger partial charge in [0.2, 0.25) is 0 Å². The van der Waals surface area contributed by atoms with E-state index in [1.807, 2.05) is 38.4 Å². The van der Waals surface area contributed by atoms with Crippen LogP contribution >= 0.6 is 0 Å². The summed E-state index contributed by atoms with van der Waals surface area (Å²) in [7, 11) is -1.74. The van der Waals surface area contributed by atoms with Crippen molar-refractivity contribution < 1.29 is 8.42 Å². The van der Waals surface area contributed by atoms with Gasteiger partial charge in [0.1, 0.15) is 0 Å². The zero-order valence-corrected chi connectivity index (χ0v) is 18.0. The highest BCUT2D eigenvalue weighted by atomic mass is 32.2. The van der Waals surface area contributed by atoms with E-state index in [4.69, 9.17) is 0 Å². The van der Waals surface area contributed by atoms with Crippen LogP contribution in [0.15, 0.2) is 59.8 Å². The molecule has 1 fully saturated rings. The number of nitrogens with zero attached hydrogens (tertiary/aromatic N) is 5. The van der Waals surface area contributed by atoms with Crippen LogP contribution in [0.2, 0.25) is 0 Å². The van der Waals surface area contributed by atoms with Gasteiger partial charge in [-0.3, -0.25) is 18.8 Å². The number of anilines is 1. The lowest BCUT2D eigenvalue weighted by atomic mass is 10.1. The molecule has 0 aliphatic carbocycles. The summed E-state index contributed by atoms with van der Waals surface area (Å²) in [6.45, 7) is 3.03. The van der Waals surface area contributed by atoms with Crippen LogP contribution < -0.4 is 9.73 Å². The highest BCUT2D eigenvalue weighted by molar-refractivity contribution is 7.90. The van der Waals surface area contributed by atoms with Crippen molar-refractivity contribution in [1.82, 2.24) is 19.1 Å². The first-order valence-electron chi connectivity index (χ1n) is 10.0. The first-order chi connectivity index (χ1) is 14.9. The molecule has 5 rings (SSSR count). The number of hydrogen-bond donors (Lipinski definition) is 0. The number of aromatic nitrogens is 3. The fourth-order valence-corrected chi connectivity index (χ4v) is 5.64. The molecule has 158 valence electrons. The number of rotatable bonds is 3. The van der Waals surface area contributed by atoms with Gasteiger partial charge < -0.3 is 0 Å². The Hall–Kier alpha value is -3.30. The van der Waals surface area contributed by atoms with Crippen molar-refractivity contribution in [1.29, 1.82) is 0 Å². The number of likely N-dealkylation sites (N-methyl/N-ethyl adjacent to an activating group) is 1. The Kier molecular flexibility index (Phi) is 4.53. The van der Waals surface area contributed by atoms with Crippen LogP contribution in [0.5, 0.6) is 0 Å². The average molecular weight is 436 g/mol. The Morgan fingerprint density at radius 2 is 1.81 bits per heavy atom. The molecule has 9 heteroatoms. The van der Waals surface area contributed by atoms with Gasteiger partial charge in [0.05, 0.1) is 17.4 Å². The molecule has 2 aromatic heterocycles. The van der Waals surface area contributed by atoms with Crippen LogP contribution in [-0.2, 0) is 17.3 Å². The SMILES string of the molecule is CCN1CCN(c2ccc3ccc4ncc(-c5cnn(C)c5)cc4c(=O)c3c2)S1(=O)=O. The topological polar surface area (TPSA) is 88.4 Å². The van der Waals surface area contributed by atoms with Crippen molar-refractivity contribution in [3.8, 4) is 11.1 Å². The minimum Gasteiger partial charge on any atom is -0.289 e. The summed E-state index contributed by atoms with van der Waals surface area (Å²) < 4.78 is 30.0. The minimum atomic E-state index is -3.57. The Bertz CT molecular complexity index is 1500. The van der Waals surface area contributed by atoms with Gasteiger partial charge in [-0.2, -0.15) is 17.8 Å².